The molecular weight excluding hydrogens is 270 g/mol. The van der Waals surface area contributed by atoms with Crippen LogP contribution in [0, 0.1) is 0 Å². The van der Waals surface area contributed by atoms with E-state index in [9.17, 15) is 0 Å². The van der Waals surface area contributed by atoms with E-state index in [0.29, 0.717) is 6.04 Å². The van der Waals surface area contributed by atoms with Gasteiger partial charge >= 0.3 is 0 Å². The lowest BCUT2D eigenvalue weighted by Crippen LogP contribution is -2.33. The van der Waals surface area contributed by atoms with Gasteiger partial charge in [0, 0.05) is 27.7 Å². The summed E-state index contributed by atoms with van der Waals surface area (Å²) in [5.74, 6) is 2.40. The molecule has 4 heteroatoms. The van der Waals surface area contributed by atoms with Crippen LogP contribution in [0.25, 0.3) is 0 Å². The van der Waals surface area contributed by atoms with Gasteiger partial charge in [0.2, 0.25) is 0 Å². The maximum Gasteiger partial charge on any atom is 0.0568 e. The molecule has 1 nitrogen and oxygen atoms in total. The van der Waals surface area contributed by atoms with Gasteiger partial charge in [0.15, 0.2) is 0 Å². The Morgan fingerprint density at radius 2 is 2.23 bits per heavy atom. The van der Waals surface area contributed by atoms with Crippen LogP contribution in [0.15, 0.2) is 22.7 Å². The molecule has 1 aromatic carbocycles. The van der Waals surface area contributed by atoms with E-state index in [2.05, 4.69) is 21.2 Å². The lowest BCUT2D eigenvalue weighted by molar-refractivity contribution is 0.882. The molecule has 1 fully saturated rings. The van der Waals surface area contributed by atoms with E-state index in [1.165, 1.54) is 11.5 Å². The Labute approximate surface area is 95.4 Å². The molecule has 0 aromatic heterocycles. The fraction of sp³-hybridized carbons (Fsp3) is 0.333. The van der Waals surface area contributed by atoms with Crippen LogP contribution < -0.4 is 5.32 Å². The molecule has 0 bridgehead atoms. The van der Waals surface area contributed by atoms with Gasteiger partial charge in [0.1, 0.15) is 0 Å². The van der Waals surface area contributed by atoms with Crippen molar-refractivity contribution in [3.63, 3.8) is 0 Å². The quantitative estimate of drug-likeness (QED) is 0.886. The largest absolute Gasteiger partial charge is 0.381 e. The molecule has 0 amide bonds. The summed E-state index contributed by atoms with van der Waals surface area (Å²) < 4.78 is 0.947. The van der Waals surface area contributed by atoms with Gasteiger partial charge in [-0.2, -0.15) is 11.8 Å². The third kappa shape index (κ3) is 2.33. The molecule has 1 aromatic rings. The predicted molar refractivity (Wildman–Crippen MR) is 63.9 cm³/mol. The molecule has 0 radical (unpaired) electrons. The second kappa shape index (κ2) is 4.11. The molecule has 13 heavy (non-hydrogen) atoms. The maximum atomic E-state index is 5.97. The number of hydrogen-bond donors (Lipinski definition) is 1. The molecule has 0 saturated carbocycles. The molecule has 1 saturated heterocycles. The molecular formula is C9H9BrClNS. The van der Waals surface area contributed by atoms with E-state index in [1.54, 1.807) is 0 Å². The molecule has 0 atom stereocenters. The molecule has 1 aliphatic rings. The third-order valence-corrected chi connectivity index (χ3v) is 4.44. The van der Waals surface area contributed by atoms with Crippen molar-refractivity contribution in [3.8, 4) is 0 Å². The van der Waals surface area contributed by atoms with E-state index in [1.807, 2.05) is 30.0 Å². The SMILES string of the molecule is Clc1cc(NC2CSC2)ccc1Br. The van der Waals surface area contributed by atoms with Crippen LogP contribution in [0.1, 0.15) is 0 Å². The Bertz CT molecular complexity index is 314. The van der Waals surface area contributed by atoms with Gasteiger partial charge in [-0.25, -0.2) is 0 Å². The van der Waals surface area contributed by atoms with Crippen LogP contribution in [0.4, 0.5) is 5.69 Å². The van der Waals surface area contributed by atoms with Gasteiger partial charge in [0.25, 0.3) is 0 Å². The number of anilines is 1. The highest BCUT2D eigenvalue weighted by Gasteiger charge is 2.17. The number of nitrogens with one attached hydrogen (secondary N) is 1. The highest BCUT2D eigenvalue weighted by atomic mass is 79.9. The Kier molecular flexibility index (Phi) is 3.06. The molecule has 70 valence electrons. The smallest absolute Gasteiger partial charge is 0.0568 e. The number of thioether (sulfide) groups is 1. The number of hydrogen-bond acceptors (Lipinski definition) is 2. The maximum absolute atomic E-state index is 5.97. The summed E-state index contributed by atoms with van der Waals surface area (Å²) in [4.78, 5) is 0. The third-order valence-electron chi connectivity index (χ3n) is 1.93. The lowest BCUT2D eigenvalue weighted by atomic mass is 10.3. The molecule has 2 rings (SSSR count). The minimum absolute atomic E-state index is 0.627. The van der Waals surface area contributed by atoms with Crippen molar-refractivity contribution in [3.05, 3.63) is 27.7 Å². The van der Waals surface area contributed by atoms with Crippen molar-refractivity contribution in [2.45, 2.75) is 6.04 Å². The first-order chi connectivity index (χ1) is 6.25. The summed E-state index contributed by atoms with van der Waals surface area (Å²) in [5.41, 5.74) is 1.11. The number of halogens is 2. The van der Waals surface area contributed by atoms with Crippen molar-refractivity contribution >= 4 is 45.0 Å². The minimum atomic E-state index is 0.627. The predicted octanol–water partition coefficient (Wildman–Crippen LogP) is 3.63. The highest BCUT2D eigenvalue weighted by Crippen LogP contribution is 2.28. The Hall–Kier alpha value is 0.140. The van der Waals surface area contributed by atoms with Crippen molar-refractivity contribution in [2.24, 2.45) is 0 Å². The summed E-state index contributed by atoms with van der Waals surface area (Å²) in [6, 6.07) is 6.59. The monoisotopic (exact) mass is 277 g/mol. The summed E-state index contributed by atoms with van der Waals surface area (Å²) in [5, 5.41) is 4.18. The summed E-state index contributed by atoms with van der Waals surface area (Å²) in [6.45, 7) is 0. The van der Waals surface area contributed by atoms with E-state index < -0.39 is 0 Å². The Balaban J connectivity index is 2.07. The second-order valence-electron chi connectivity index (χ2n) is 3.01. The van der Waals surface area contributed by atoms with Crippen LogP contribution in [-0.4, -0.2) is 17.5 Å². The fourth-order valence-electron chi connectivity index (χ4n) is 1.14. The Morgan fingerprint density at radius 1 is 1.46 bits per heavy atom. The molecule has 1 N–H and O–H groups in total. The van der Waals surface area contributed by atoms with Crippen molar-refractivity contribution < 1.29 is 0 Å². The van der Waals surface area contributed by atoms with Gasteiger partial charge in [-0.05, 0) is 34.1 Å². The van der Waals surface area contributed by atoms with E-state index >= 15 is 0 Å². The normalized spacial score (nSPS) is 16.8. The van der Waals surface area contributed by atoms with Crippen LogP contribution in [0.3, 0.4) is 0 Å². The van der Waals surface area contributed by atoms with Gasteiger partial charge < -0.3 is 5.32 Å². The van der Waals surface area contributed by atoms with Gasteiger partial charge in [-0.1, -0.05) is 11.6 Å². The van der Waals surface area contributed by atoms with Crippen LogP contribution in [0.2, 0.25) is 5.02 Å². The number of rotatable bonds is 2. The van der Waals surface area contributed by atoms with E-state index in [0.717, 1.165) is 15.2 Å². The first kappa shape index (κ1) is 9.69. The zero-order chi connectivity index (χ0) is 9.26. The first-order valence-electron chi connectivity index (χ1n) is 4.05. The van der Waals surface area contributed by atoms with Gasteiger partial charge in [-0.15, -0.1) is 0 Å². The van der Waals surface area contributed by atoms with Crippen molar-refractivity contribution in [1.82, 2.24) is 0 Å². The highest BCUT2D eigenvalue weighted by molar-refractivity contribution is 9.10. The Morgan fingerprint density at radius 3 is 2.77 bits per heavy atom. The van der Waals surface area contributed by atoms with E-state index in [-0.39, 0.29) is 0 Å². The van der Waals surface area contributed by atoms with Crippen LogP contribution in [0.5, 0.6) is 0 Å². The zero-order valence-electron chi connectivity index (χ0n) is 6.89. The zero-order valence-corrected chi connectivity index (χ0v) is 10.0. The topological polar surface area (TPSA) is 12.0 Å². The van der Waals surface area contributed by atoms with Crippen LogP contribution >= 0.6 is 39.3 Å². The minimum Gasteiger partial charge on any atom is -0.381 e. The van der Waals surface area contributed by atoms with Crippen molar-refractivity contribution in [2.75, 3.05) is 16.8 Å². The molecule has 1 heterocycles. The average molecular weight is 279 g/mol. The molecule has 0 unspecified atom stereocenters. The molecule has 0 aliphatic carbocycles. The standard InChI is InChI=1S/C9H9BrClNS/c10-8-2-1-6(3-9(8)11)12-7-4-13-5-7/h1-3,7,12H,4-5H2. The summed E-state index contributed by atoms with van der Waals surface area (Å²) in [6.07, 6.45) is 0. The average Bonchev–Trinajstić information content (AvgIpc) is 2.04. The van der Waals surface area contributed by atoms with Gasteiger partial charge in [0.05, 0.1) is 5.02 Å². The molecule has 1 aliphatic heterocycles. The summed E-state index contributed by atoms with van der Waals surface area (Å²) in [7, 11) is 0. The van der Waals surface area contributed by atoms with Crippen LogP contribution in [-0.2, 0) is 0 Å². The fourth-order valence-corrected chi connectivity index (χ4v) is 2.21. The second-order valence-corrected chi connectivity index (χ2v) is 5.34. The summed E-state index contributed by atoms with van der Waals surface area (Å²) >= 11 is 11.3. The first-order valence-corrected chi connectivity index (χ1v) is 6.37. The molecule has 0 spiro atoms. The van der Waals surface area contributed by atoms with Gasteiger partial charge in [-0.3, -0.25) is 0 Å². The van der Waals surface area contributed by atoms with E-state index in [4.69, 9.17) is 11.6 Å². The number of benzene rings is 1. The lowest BCUT2D eigenvalue weighted by Gasteiger charge is -2.27. The van der Waals surface area contributed by atoms with Crippen molar-refractivity contribution in [1.29, 1.82) is 0 Å².